The minimum atomic E-state index is -1.68. The molecule has 94 valence electrons. The third kappa shape index (κ3) is 1.87. The summed E-state index contributed by atoms with van der Waals surface area (Å²) in [5.74, 6) is -5.51. The lowest BCUT2D eigenvalue weighted by Gasteiger charge is -2.04. The first-order valence-electron chi connectivity index (χ1n) is 5.12. The summed E-state index contributed by atoms with van der Waals surface area (Å²) in [6.45, 7) is 2.07. The van der Waals surface area contributed by atoms with Gasteiger partial charge in [0.1, 0.15) is 6.33 Å². The Kier molecular flexibility index (Phi) is 3.14. The summed E-state index contributed by atoms with van der Waals surface area (Å²) in [5, 5.41) is 3.75. The lowest BCUT2D eigenvalue weighted by Crippen LogP contribution is -2.14. The summed E-state index contributed by atoms with van der Waals surface area (Å²) < 4.78 is 40.5. The standard InChI is InChI=1S/C11H8F3N3O/c1-2-17-11(15-5-16-17)10(18)6-3-4-7(12)9(14)8(6)13/h3-5H,2H2,1H3. The van der Waals surface area contributed by atoms with Crippen molar-refractivity contribution in [2.24, 2.45) is 0 Å². The van der Waals surface area contributed by atoms with Gasteiger partial charge in [0, 0.05) is 6.54 Å². The fourth-order valence-corrected chi connectivity index (χ4v) is 1.49. The van der Waals surface area contributed by atoms with Gasteiger partial charge in [-0.15, -0.1) is 0 Å². The van der Waals surface area contributed by atoms with E-state index in [0.29, 0.717) is 12.6 Å². The Morgan fingerprint density at radius 1 is 1.28 bits per heavy atom. The van der Waals surface area contributed by atoms with E-state index in [1.165, 1.54) is 4.68 Å². The SMILES string of the molecule is CCn1ncnc1C(=O)c1ccc(F)c(F)c1F. The van der Waals surface area contributed by atoms with Crippen molar-refractivity contribution >= 4 is 5.78 Å². The van der Waals surface area contributed by atoms with Crippen LogP contribution >= 0.6 is 0 Å². The Hall–Kier alpha value is -2.18. The number of aromatic nitrogens is 3. The number of halogens is 3. The molecule has 2 aromatic rings. The molecule has 18 heavy (non-hydrogen) atoms. The van der Waals surface area contributed by atoms with Gasteiger partial charge in [-0.25, -0.2) is 22.8 Å². The maximum Gasteiger partial charge on any atom is 0.233 e. The molecule has 0 fully saturated rings. The van der Waals surface area contributed by atoms with Gasteiger partial charge in [-0.2, -0.15) is 5.10 Å². The highest BCUT2D eigenvalue weighted by molar-refractivity contribution is 6.06. The van der Waals surface area contributed by atoms with E-state index < -0.39 is 28.8 Å². The number of carbonyl (C=O) groups is 1. The van der Waals surface area contributed by atoms with Gasteiger partial charge in [0.25, 0.3) is 0 Å². The van der Waals surface area contributed by atoms with Crippen LogP contribution in [0.15, 0.2) is 18.5 Å². The minimum absolute atomic E-state index is 0.123. The Morgan fingerprint density at radius 2 is 2.00 bits per heavy atom. The van der Waals surface area contributed by atoms with Crippen LogP contribution in [-0.2, 0) is 6.54 Å². The van der Waals surface area contributed by atoms with Crippen LogP contribution in [0.3, 0.4) is 0 Å². The average Bonchev–Trinajstić information content (AvgIpc) is 2.83. The van der Waals surface area contributed by atoms with Crippen LogP contribution < -0.4 is 0 Å². The van der Waals surface area contributed by atoms with Crippen LogP contribution in [0, 0.1) is 17.5 Å². The van der Waals surface area contributed by atoms with E-state index in [0.717, 1.165) is 12.4 Å². The van der Waals surface area contributed by atoms with Gasteiger partial charge in [-0.05, 0) is 19.1 Å². The molecule has 1 aromatic carbocycles. The van der Waals surface area contributed by atoms with Crippen LogP contribution in [0.25, 0.3) is 0 Å². The second kappa shape index (κ2) is 4.59. The molecule has 0 N–H and O–H groups in total. The quantitative estimate of drug-likeness (QED) is 0.622. The van der Waals surface area contributed by atoms with Gasteiger partial charge in [-0.3, -0.25) is 4.79 Å². The van der Waals surface area contributed by atoms with E-state index in [-0.39, 0.29) is 5.82 Å². The summed E-state index contributed by atoms with van der Waals surface area (Å²) in [5.41, 5.74) is -0.573. The summed E-state index contributed by atoms with van der Waals surface area (Å²) in [4.78, 5) is 15.6. The molecule has 7 heteroatoms. The maximum absolute atomic E-state index is 13.4. The summed E-state index contributed by atoms with van der Waals surface area (Å²) >= 11 is 0. The van der Waals surface area contributed by atoms with Gasteiger partial charge in [-0.1, -0.05) is 0 Å². The molecule has 0 saturated carbocycles. The lowest BCUT2D eigenvalue weighted by atomic mass is 10.1. The van der Waals surface area contributed by atoms with Gasteiger partial charge in [0.05, 0.1) is 5.56 Å². The second-order valence-electron chi connectivity index (χ2n) is 3.45. The van der Waals surface area contributed by atoms with E-state index >= 15 is 0 Å². The molecule has 0 atom stereocenters. The molecule has 0 saturated heterocycles. The molecule has 0 radical (unpaired) electrons. The molecule has 0 aliphatic heterocycles. The van der Waals surface area contributed by atoms with Gasteiger partial charge >= 0.3 is 0 Å². The number of nitrogens with zero attached hydrogens (tertiary/aromatic N) is 3. The first-order chi connectivity index (χ1) is 8.56. The van der Waals surface area contributed by atoms with Crippen molar-refractivity contribution in [3.63, 3.8) is 0 Å². The zero-order valence-electron chi connectivity index (χ0n) is 9.32. The Morgan fingerprint density at radius 3 is 2.67 bits per heavy atom. The number of aryl methyl sites for hydroxylation is 1. The summed E-state index contributed by atoms with van der Waals surface area (Å²) in [6.07, 6.45) is 1.13. The average molecular weight is 255 g/mol. The predicted octanol–water partition coefficient (Wildman–Crippen LogP) is 1.95. The van der Waals surface area contributed by atoms with Gasteiger partial charge < -0.3 is 0 Å². The zero-order valence-corrected chi connectivity index (χ0v) is 9.32. The summed E-state index contributed by atoms with van der Waals surface area (Å²) in [6, 6.07) is 1.57. The van der Waals surface area contributed by atoms with Crippen molar-refractivity contribution in [2.45, 2.75) is 13.5 Å². The topological polar surface area (TPSA) is 47.8 Å². The third-order valence-corrected chi connectivity index (χ3v) is 2.40. The highest BCUT2D eigenvalue weighted by atomic mass is 19.2. The van der Waals surface area contributed by atoms with E-state index in [2.05, 4.69) is 10.1 Å². The Balaban J connectivity index is 2.50. The Bertz CT molecular complexity index is 610. The molecule has 2 rings (SSSR count). The van der Waals surface area contributed by atoms with Crippen LogP contribution in [0.2, 0.25) is 0 Å². The molecule has 0 aliphatic rings. The molecule has 0 aliphatic carbocycles. The fraction of sp³-hybridized carbons (Fsp3) is 0.182. The number of rotatable bonds is 3. The van der Waals surface area contributed by atoms with Crippen LogP contribution in [-0.4, -0.2) is 20.5 Å². The first kappa shape index (κ1) is 12.3. The van der Waals surface area contributed by atoms with E-state index in [9.17, 15) is 18.0 Å². The normalized spacial score (nSPS) is 10.7. The van der Waals surface area contributed by atoms with Crippen molar-refractivity contribution in [2.75, 3.05) is 0 Å². The fourth-order valence-electron chi connectivity index (χ4n) is 1.49. The summed E-state index contributed by atoms with van der Waals surface area (Å²) in [7, 11) is 0. The third-order valence-electron chi connectivity index (χ3n) is 2.40. The first-order valence-corrected chi connectivity index (χ1v) is 5.12. The largest absolute Gasteiger partial charge is 0.285 e. The zero-order chi connectivity index (χ0) is 13.3. The lowest BCUT2D eigenvalue weighted by molar-refractivity contribution is 0.101. The highest BCUT2D eigenvalue weighted by Gasteiger charge is 2.23. The van der Waals surface area contributed by atoms with E-state index in [1.54, 1.807) is 6.92 Å². The number of ketones is 1. The number of benzene rings is 1. The van der Waals surface area contributed by atoms with Crippen molar-refractivity contribution in [3.05, 3.63) is 47.3 Å². The van der Waals surface area contributed by atoms with E-state index in [4.69, 9.17) is 0 Å². The molecule has 0 spiro atoms. The monoisotopic (exact) mass is 255 g/mol. The van der Waals surface area contributed by atoms with E-state index in [1.807, 2.05) is 0 Å². The molecular formula is C11H8F3N3O. The second-order valence-corrected chi connectivity index (χ2v) is 3.45. The molecule has 0 bridgehead atoms. The van der Waals surface area contributed by atoms with Gasteiger partial charge in [0.2, 0.25) is 5.78 Å². The molecule has 0 amide bonds. The van der Waals surface area contributed by atoms with Crippen molar-refractivity contribution in [3.8, 4) is 0 Å². The van der Waals surface area contributed by atoms with Gasteiger partial charge in [0.15, 0.2) is 23.3 Å². The smallest absolute Gasteiger partial charge is 0.233 e. The molecule has 0 unspecified atom stereocenters. The molecule has 1 heterocycles. The highest BCUT2D eigenvalue weighted by Crippen LogP contribution is 2.17. The van der Waals surface area contributed by atoms with Crippen molar-refractivity contribution in [1.29, 1.82) is 0 Å². The van der Waals surface area contributed by atoms with Crippen LogP contribution in [0.1, 0.15) is 23.1 Å². The van der Waals surface area contributed by atoms with Crippen LogP contribution in [0.4, 0.5) is 13.2 Å². The number of carbonyl (C=O) groups excluding carboxylic acids is 1. The Labute approximate surface area is 100 Å². The molecular weight excluding hydrogens is 247 g/mol. The predicted molar refractivity (Wildman–Crippen MR) is 55.4 cm³/mol. The van der Waals surface area contributed by atoms with Crippen molar-refractivity contribution in [1.82, 2.24) is 14.8 Å². The molecule has 4 nitrogen and oxygen atoms in total. The molecule has 1 aromatic heterocycles. The minimum Gasteiger partial charge on any atom is -0.285 e. The number of hydrogen-bond acceptors (Lipinski definition) is 3. The maximum atomic E-state index is 13.4. The number of hydrogen-bond donors (Lipinski definition) is 0. The van der Waals surface area contributed by atoms with Crippen LogP contribution in [0.5, 0.6) is 0 Å². The van der Waals surface area contributed by atoms with Crippen molar-refractivity contribution < 1.29 is 18.0 Å².